The third-order valence-corrected chi connectivity index (χ3v) is 7.07. The molecule has 3 aromatic carbocycles. The SMILES string of the molecule is CCOC(=O)c1ccc2c(C(=Nc3ccc(N(CC(=O)N(C)C)C(=O)CCCN(C)C)cc3)c3ccccc3)c(O)[nH]c2c1. The summed E-state index contributed by atoms with van der Waals surface area (Å²) < 4.78 is 5.13. The molecule has 0 atom stereocenters. The molecule has 0 saturated heterocycles. The van der Waals surface area contributed by atoms with Crippen molar-refractivity contribution < 1.29 is 24.2 Å². The van der Waals surface area contributed by atoms with Gasteiger partial charge in [-0.15, -0.1) is 0 Å². The summed E-state index contributed by atoms with van der Waals surface area (Å²) in [5.74, 6) is -0.842. The lowest BCUT2D eigenvalue weighted by Crippen LogP contribution is -2.40. The molecule has 0 spiro atoms. The lowest BCUT2D eigenvalue weighted by atomic mass is 10.00. The van der Waals surface area contributed by atoms with Crippen molar-refractivity contribution in [3.63, 3.8) is 0 Å². The molecule has 4 aromatic rings. The normalized spacial score (nSPS) is 11.5. The Balaban J connectivity index is 1.72. The maximum Gasteiger partial charge on any atom is 0.338 e. The molecule has 0 unspecified atom stereocenters. The van der Waals surface area contributed by atoms with Gasteiger partial charge in [0.25, 0.3) is 0 Å². The van der Waals surface area contributed by atoms with Crippen LogP contribution in [0.15, 0.2) is 77.8 Å². The number of rotatable bonds is 12. The molecule has 1 heterocycles. The summed E-state index contributed by atoms with van der Waals surface area (Å²) in [5.41, 5.74) is 3.90. The highest BCUT2D eigenvalue weighted by molar-refractivity contribution is 6.22. The van der Waals surface area contributed by atoms with Crippen LogP contribution in [0, 0.1) is 0 Å². The van der Waals surface area contributed by atoms with Crippen molar-refractivity contribution in [2.75, 3.05) is 52.8 Å². The minimum atomic E-state index is -0.445. The average molecular weight is 598 g/mol. The van der Waals surface area contributed by atoms with E-state index in [1.807, 2.05) is 49.3 Å². The lowest BCUT2D eigenvalue weighted by molar-refractivity contribution is -0.129. The molecule has 0 radical (unpaired) electrons. The Morgan fingerprint density at radius 1 is 0.886 bits per heavy atom. The first-order chi connectivity index (χ1) is 21.1. The predicted octanol–water partition coefficient (Wildman–Crippen LogP) is 4.98. The van der Waals surface area contributed by atoms with Gasteiger partial charge in [-0.25, -0.2) is 9.79 Å². The van der Waals surface area contributed by atoms with E-state index in [-0.39, 0.29) is 30.8 Å². The number of nitrogens with zero attached hydrogens (tertiary/aromatic N) is 4. The van der Waals surface area contributed by atoms with E-state index < -0.39 is 5.97 Å². The number of fused-ring (bicyclic) bond motifs is 1. The monoisotopic (exact) mass is 597 g/mol. The number of nitrogens with one attached hydrogen (secondary N) is 1. The summed E-state index contributed by atoms with van der Waals surface area (Å²) in [6, 6.07) is 21.7. The van der Waals surface area contributed by atoms with Gasteiger partial charge in [0.2, 0.25) is 11.8 Å². The van der Waals surface area contributed by atoms with Crippen molar-refractivity contribution in [3.8, 4) is 5.88 Å². The minimum Gasteiger partial charge on any atom is -0.494 e. The molecule has 44 heavy (non-hydrogen) atoms. The van der Waals surface area contributed by atoms with Crippen LogP contribution in [0.1, 0.15) is 41.3 Å². The Bertz CT molecular complexity index is 1640. The molecule has 0 fully saturated rings. The first-order valence-electron chi connectivity index (χ1n) is 14.5. The number of aromatic amines is 1. The van der Waals surface area contributed by atoms with Crippen LogP contribution in [0.3, 0.4) is 0 Å². The van der Waals surface area contributed by atoms with Crippen molar-refractivity contribution in [1.29, 1.82) is 0 Å². The number of esters is 1. The summed E-state index contributed by atoms with van der Waals surface area (Å²) in [5, 5.41) is 11.7. The van der Waals surface area contributed by atoms with Crippen molar-refractivity contribution in [3.05, 3.63) is 89.5 Å². The van der Waals surface area contributed by atoms with Crippen LogP contribution >= 0.6 is 0 Å². The van der Waals surface area contributed by atoms with Crippen LogP contribution in [0.5, 0.6) is 5.88 Å². The zero-order valence-electron chi connectivity index (χ0n) is 25.8. The topological polar surface area (TPSA) is 119 Å². The molecule has 230 valence electrons. The standard InChI is InChI=1S/C34H39N5O5/c1-6-44-34(43)24-14-19-27-28(21-24)36-33(42)31(27)32(23-11-8-7-9-12-23)35-25-15-17-26(18-16-25)39(22-30(41)38(4)5)29(40)13-10-20-37(2)3/h7-9,11-12,14-19,21,36,42H,6,10,13,20,22H2,1-5H3. The van der Waals surface area contributed by atoms with E-state index in [0.717, 1.165) is 12.1 Å². The molecule has 2 N–H and O–H groups in total. The fourth-order valence-corrected chi connectivity index (χ4v) is 4.74. The predicted molar refractivity (Wildman–Crippen MR) is 173 cm³/mol. The third-order valence-electron chi connectivity index (χ3n) is 7.07. The molecule has 0 aliphatic rings. The molecule has 10 nitrogen and oxygen atoms in total. The van der Waals surface area contributed by atoms with Gasteiger partial charge >= 0.3 is 5.97 Å². The van der Waals surface area contributed by atoms with E-state index in [0.29, 0.717) is 52.0 Å². The number of likely N-dealkylation sites (N-methyl/N-ethyl adjacent to an activating group) is 1. The van der Waals surface area contributed by atoms with Crippen LogP contribution in [-0.2, 0) is 14.3 Å². The van der Waals surface area contributed by atoms with Gasteiger partial charge in [-0.1, -0.05) is 36.4 Å². The number of benzene rings is 3. The zero-order chi connectivity index (χ0) is 31.8. The van der Waals surface area contributed by atoms with Gasteiger partial charge in [0.05, 0.1) is 29.1 Å². The Labute approximate surface area is 257 Å². The molecule has 10 heteroatoms. The first kappa shape index (κ1) is 32.0. The van der Waals surface area contributed by atoms with E-state index >= 15 is 0 Å². The number of carbonyl (C=O) groups excluding carboxylic acids is 3. The van der Waals surface area contributed by atoms with Gasteiger partial charge in [-0.2, -0.15) is 0 Å². The molecule has 0 bridgehead atoms. The second kappa shape index (κ2) is 14.5. The van der Waals surface area contributed by atoms with Gasteiger partial charge in [-0.3, -0.25) is 9.59 Å². The van der Waals surface area contributed by atoms with Crippen LogP contribution in [-0.4, -0.2) is 91.3 Å². The van der Waals surface area contributed by atoms with Crippen molar-refractivity contribution in [2.45, 2.75) is 19.8 Å². The summed E-state index contributed by atoms with van der Waals surface area (Å²) >= 11 is 0. The Kier molecular flexibility index (Phi) is 10.5. The summed E-state index contributed by atoms with van der Waals surface area (Å²) in [6.07, 6.45) is 0.991. The number of aromatic nitrogens is 1. The molecular weight excluding hydrogens is 558 g/mol. The van der Waals surface area contributed by atoms with Crippen LogP contribution in [0.2, 0.25) is 0 Å². The van der Waals surface area contributed by atoms with Crippen molar-refractivity contribution >= 4 is 45.8 Å². The first-order valence-corrected chi connectivity index (χ1v) is 14.5. The average Bonchev–Trinajstić information content (AvgIpc) is 3.33. The second-order valence-electron chi connectivity index (χ2n) is 10.8. The van der Waals surface area contributed by atoms with Crippen LogP contribution in [0.25, 0.3) is 10.9 Å². The summed E-state index contributed by atoms with van der Waals surface area (Å²) in [4.78, 5) is 51.0. The smallest absolute Gasteiger partial charge is 0.338 e. The number of H-pyrrole nitrogens is 1. The minimum absolute atomic E-state index is 0.0668. The quantitative estimate of drug-likeness (QED) is 0.176. The maximum atomic E-state index is 13.2. The summed E-state index contributed by atoms with van der Waals surface area (Å²) in [6.45, 7) is 2.70. The maximum absolute atomic E-state index is 13.2. The largest absolute Gasteiger partial charge is 0.494 e. The Hall–Kier alpha value is -4.96. The number of hydrogen-bond acceptors (Lipinski definition) is 7. The van der Waals surface area contributed by atoms with Crippen LogP contribution in [0.4, 0.5) is 11.4 Å². The molecule has 2 amide bonds. The van der Waals surface area contributed by atoms with E-state index in [1.54, 1.807) is 63.5 Å². The Morgan fingerprint density at radius 3 is 2.23 bits per heavy atom. The van der Waals surface area contributed by atoms with Gasteiger partial charge < -0.3 is 29.5 Å². The van der Waals surface area contributed by atoms with E-state index in [2.05, 4.69) is 4.98 Å². The van der Waals surface area contributed by atoms with E-state index in [9.17, 15) is 19.5 Å². The summed E-state index contributed by atoms with van der Waals surface area (Å²) in [7, 11) is 7.24. The number of hydrogen-bond donors (Lipinski definition) is 2. The highest BCUT2D eigenvalue weighted by Crippen LogP contribution is 2.32. The van der Waals surface area contributed by atoms with Gasteiger partial charge in [0.15, 0.2) is 5.88 Å². The second-order valence-corrected chi connectivity index (χ2v) is 10.8. The molecule has 1 aromatic heterocycles. The molecule has 0 aliphatic heterocycles. The van der Waals surface area contributed by atoms with Crippen molar-refractivity contribution in [1.82, 2.24) is 14.8 Å². The van der Waals surface area contributed by atoms with Gasteiger partial charge in [0, 0.05) is 42.7 Å². The molecule has 0 aliphatic carbocycles. The van der Waals surface area contributed by atoms with Gasteiger partial charge in [0.1, 0.15) is 6.54 Å². The number of amides is 2. The lowest BCUT2D eigenvalue weighted by Gasteiger charge is -2.24. The fourth-order valence-electron chi connectivity index (χ4n) is 4.74. The third kappa shape index (κ3) is 7.70. The number of aromatic hydroxyl groups is 1. The van der Waals surface area contributed by atoms with E-state index in [4.69, 9.17) is 9.73 Å². The molecule has 4 rings (SSSR count). The van der Waals surface area contributed by atoms with E-state index in [1.165, 1.54) is 9.80 Å². The molecular formula is C34H39N5O5. The van der Waals surface area contributed by atoms with Crippen LogP contribution < -0.4 is 4.90 Å². The highest BCUT2D eigenvalue weighted by Gasteiger charge is 2.22. The highest BCUT2D eigenvalue weighted by atomic mass is 16.5. The number of carbonyl (C=O) groups is 3. The van der Waals surface area contributed by atoms with Crippen molar-refractivity contribution in [2.24, 2.45) is 4.99 Å². The number of anilines is 1. The Morgan fingerprint density at radius 2 is 1.59 bits per heavy atom. The zero-order valence-corrected chi connectivity index (χ0v) is 25.8. The number of aliphatic imine (C=N–C) groups is 1. The number of ether oxygens (including phenoxy) is 1. The molecule has 0 saturated carbocycles. The fraction of sp³-hybridized carbons (Fsp3) is 0.294. The van der Waals surface area contributed by atoms with Gasteiger partial charge in [-0.05, 0) is 70.4 Å².